The van der Waals surface area contributed by atoms with Crippen LogP contribution in [0, 0.1) is 18.7 Å². The summed E-state index contributed by atoms with van der Waals surface area (Å²) < 4.78 is 15.4. The van der Waals surface area contributed by atoms with Crippen LogP contribution in [0.15, 0.2) is 30.5 Å². The van der Waals surface area contributed by atoms with Crippen LogP contribution in [0.3, 0.4) is 0 Å². The molecule has 0 bridgehead atoms. The Morgan fingerprint density at radius 1 is 1.14 bits per heavy atom. The molecule has 150 valence electrons. The molecule has 4 rings (SSSR count). The van der Waals surface area contributed by atoms with Gasteiger partial charge in [0.15, 0.2) is 0 Å². The fourth-order valence-corrected chi connectivity index (χ4v) is 4.75. The maximum Gasteiger partial charge on any atom is 0.222 e. The Kier molecular flexibility index (Phi) is 5.79. The lowest BCUT2D eigenvalue weighted by Gasteiger charge is -2.24. The molecule has 2 fully saturated rings. The molecule has 0 N–H and O–H groups in total. The highest BCUT2D eigenvalue weighted by atomic mass is 19.1. The second-order valence-electron chi connectivity index (χ2n) is 8.50. The summed E-state index contributed by atoms with van der Waals surface area (Å²) in [6.07, 6.45) is 9.90. The topological polar surface area (TPSA) is 38.1 Å². The molecular formula is C23H30FN3O. The van der Waals surface area contributed by atoms with Gasteiger partial charge in [0.25, 0.3) is 0 Å². The number of hydrogen-bond donors (Lipinski definition) is 0. The molecule has 0 radical (unpaired) electrons. The lowest BCUT2D eigenvalue weighted by Crippen LogP contribution is -2.30. The second-order valence-corrected chi connectivity index (χ2v) is 8.50. The molecule has 0 spiro atoms. The van der Waals surface area contributed by atoms with Crippen LogP contribution in [0.4, 0.5) is 4.39 Å². The highest BCUT2D eigenvalue weighted by Gasteiger charge is 2.31. The first-order valence-corrected chi connectivity index (χ1v) is 10.6. The third-order valence-corrected chi connectivity index (χ3v) is 6.43. The maximum atomic E-state index is 13.2. The van der Waals surface area contributed by atoms with Gasteiger partial charge in [-0.05, 0) is 49.8 Å². The standard InChI is InChI=1S/C23H30FN3O/c1-17-14-25-23(27(17)15-19-7-9-21(24)10-8-19)20-11-12-26(16-20)22(28)13-18-5-3-2-4-6-18/h7-10,14,18,20H,2-6,11-13,15-16H2,1H3. The van der Waals surface area contributed by atoms with Crippen LogP contribution >= 0.6 is 0 Å². The molecule has 1 saturated carbocycles. The first-order chi connectivity index (χ1) is 13.6. The predicted octanol–water partition coefficient (Wildman–Crippen LogP) is 4.67. The normalized spacial score (nSPS) is 20.6. The summed E-state index contributed by atoms with van der Waals surface area (Å²) in [5, 5.41) is 0. The number of nitrogens with zero attached hydrogens (tertiary/aromatic N) is 3. The van der Waals surface area contributed by atoms with Crippen LogP contribution < -0.4 is 0 Å². The van der Waals surface area contributed by atoms with Crippen LogP contribution in [0.5, 0.6) is 0 Å². The lowest BCUT2D eigenvalue weighted by molar-refractivity contribution is -0.131. The summed E-state index contributed by atoms with van der Waals surface area (Å²) in [6, 6.07) is 6.66. The zero-order chi connectivity index (χ0) is 19.5. The molecule has 28 heavy (non-hydrogen) atoms. The molecule has 1 saturated heterocycles. The molecule has 2 heterocycles. The highest BCUT2D eigenvalue weighted by Crippen LogP contribution is 2.31. The minimum atomic E-state index is -0.214. The Labute approximate surface area is 166 Å². The third kappa shape index (κ3) is 4.29. The van der Waals surface area contributed by atoms with Crippen molar-refractivity contribution < 1.29 is 9.18 Å². The number of amides is 1. The Morgan fingerprint density at radius 2 is 1.89 bits per heavy atom. The van der Waals surface area contributed by atoms with E-state index in [0.717, 1.165) is 43.0 Å². The minimum absolute atomic E-state index is 0.214. The molecule has 2 aromatic rings. The smallest absolute Gasteiger partial charge is 0.222 e. The van der Waals surface area contributed by atoms with Crippen molar-refractivity contribution in [2.45, 2.75) is 64.3 Å². The van der Waals surface area contributed by atoms with Crippen molar-refractivity contribution in [2.75, 3.05) is 13.1 Å². The number of carbonyl (C=O) groups is 1. The number of rotatable bonds is 5. The van der Waals surface area contributed by atoms with E-state index in [-0.39, 0.29) is 11.7 Å². The number of aryl methyl sites for hydroxylation is 1. The number of carbonyl (C=O) groups excluding carboxylic acids is 1. The monoisotopic (exact) mass is 383 g/mol. The predicted molar refractivity (Wildman–Crippen MR) is 108 cm³/mol. The summed E-state index contributed by atoms with van der Waals surface area (Å²) in [5.74, 6) is 2.03. The number of imidazole rings is 1. The Hall–Kier alpha value is -2.17. The molecule has 1 aromatic carbocycles. The van der Waals surface area contributed by atoms with E-state index >= 15 is 0 Å². The highest BCUT2D eigenvalue weighted by molar-refractivity contribution is 5.76. The molecule has 1 atom stereocenters. The number of aromatic nitrogens is 2. The first kappa shape index (κ1) is 19.2. The van der Waals surface area contributed by atoms with Gasteiger partial charge in [-0.25, -0.2) is 9.37 Å². The Morgan fingerprint density at radius 3 is 2.64 bits per heavy atom. The van der Waals surface area contributed by atoms with E-state index in [0.29, 0.717) is 18.4 Å². The van der Waals surface area contributed by atoms with Crippen molar-refractivity contribution in [1.82, 2.24) is 14.5 Å². The van der Waals surface area contributed by atoms with Gasteiger partial charge >= 0.3 is 0 Å². The van der Waals surface area contributed by atoms with Crippen LogP contribution in [-0.4, -0.2) is 33.4 Å². The van der Waals surface area contributed by atoms with E-state index in [1.165, 1.54) is 44.2 Å². The van der Waals surface area contributed by atoms with E-state index in [1.54, 1.807) is 0 Å². The van der Waals surface area contributed by atoms with Crippen LogP contribution in [0.2, 0.25) is 0 Å². The summed E-state index contributed by atoms with van der Waals surface area (Å²) in [4.78, 5) is 19.5. The Balaban J connectivity index is 1.41. The summed E-state index contributed by atoms with van der Waals surface area (Å²) in [6.45, 7) is 4.35. The number of benzene rings is 1. The van der Waals surface area contributed by atoms with Crippen molar-refractivity contribution in [3.05, 3.63) is 53.4 Å². The van der Waals surface area contributed by atoms with Crippen molar-refractivity contribution in [2.24, 2.45) is 5.92 Å². The van der Waals surface area contributed by atoms with Gasteiger partial charge < -0.3 is 9.47 Å². The number of likely N-dealkylation sites (tertiary alicyclic amines) is 1. The van der Waals surface area contributed by atoms with Crippen LogP contribution in [0.25, 0.3) is 0 Å². The zero-order valence-corrected chi connectivity index (χ0v) is 16.7. The third-order valence-electron chi connectivity index (χ3n) is 6.43. The van der Waals surface area contributed by atoms with Crippen molar-refractivity contribution in [3.8, 4) is 0 Å². The van der Waals surface area contributed by atoms with E-state index < -0.39 is 0 Å². The number of halogens is 1. The molecule has 2 aliphatic rings. The van der Waals surface area contributed by atoms with E-state index in [2.05, 4.69) is 16.5 Å². The fraction of sp³-hybridized carbons (Fsp3) is 0.565. The molecule has 5 heteroatoms. The molecule has 1 amide bonds. The molecule has 1 unspecified atom stereocenters. The molecule has 1 aromatic heterocycles. The SMILES string of the molecule is Cc1cnc(C2CCN(C(=O)CC3CCCCC3)C2)n1Cc1ccc(F)cc1. The minimum Gasteiger partial charge on any atom is -0.342 e. The molecule has 1 aliphatic heterocycles. The fourth-order valence-electron chi connectivity index (χ4n) is 4.75. The van der Waals surface area contributed by atoms with Gasteiger partial charge in [-0.1, -0.05) is 31.4 Å². The van der Waals surface area contributed by atoms with Gasteiger partial charge in [0.2, 0.25) is 5.91 Å². The van der Waals surface area contributed by atoms with Crippen molar-refractivity contribution in [3.63, 3.8) is 0 Å². The second kappa shape index (κ2) is 8.46. The van der Waals surface area contributed by atoms with Gasteiger partial charge in [0.05, 0.1) is 0 Å². The van der Waals surface area contributed by atoms with Crippen LogP contribution in [0.1, 0.15) is 67.9 Å². The van der Waals surface area contributed by atoms with E-state index in [1.807, 2.05) is 23.2 Å². The molecule has 4 nitrogen and oxygen atoms in total. The maximum absolute atomic E-state index is 13.2. The summed E-state index contributed by atoms with van der Waals surface area (Å²) in [5.41, 5.74) is 2.17. The van der Waals surface area contributed by atoms with Gasteiger partial charge in [0, 0.05) is 43.9 Å². The first-order valence-electron chi connectivity index (χ1n) is 10.6. The van der Waals surface area contributed by atoms with E-state index in [9.17, 15) is 9.18 Å². The van der Waals surface area contributed by atoms with Crippen molar-refractivity contribution >= 4 is 5.91 Å². The van der Waals surface area contributed by atoms with Crippen molar-refractivity contribution in [1.29, 1.82) is 0 Å². The summed E-state index contributed by atoms with van der Waals surface area (Å²) >= 11 is 0. The Bertz CT molecular complexity index is 808. The quantitative estimate of drug-likeness (QED) is 0.753. The largest absolute Gasteiger partial charge is 0.342 e. The zero-order valence-electron chi connectivity index (χ0n) is 16.7. The van der Waals surface area contributed by atoms with Gasteiger partial charge in [-0.2, -0.15) is 0 Å². The average Bonchev–Trinajstić information content (AvgIpc) is 3.32. The molecule has 1 aliphatic carbocycles. The lowest BCUT2D eigenvalue weighted by atomic mass is 9.87. The van der Waals surface area contributed by atoms with Gasteiger partial charge in [-0.3, -0.25) is 4.79 Å². The van der Waals surface area contributed by atoms with Gasteiger partial charge in [-0.15, -0.1) is 0 Å². The van der Waals surface area contributed by atoms with Gasteiger partial charge in [0.1, 0.15) is 11.6 Å². The average molecular weight is 384 g/mol. The number of hydrogen-bond acceptors (Lipinski definition) is 2. The van der Waals surface area contributed by atoms with E-state index in [4.69, 9.17) is 0 Å². The molecular weight excluding hydrogens is 353 g/mol. The van der Waals surface area contributed by atoms with Crippen LogP contribution in [-0.2, 0) is 11.3 Å². The summed E-state index contributed by atoms with van der Waals surface area (Å²) in [7, 11) is 0.